The number of benzene rings is 1. The van der Waals surface area contributed by atoms with E-state index < -0.39 is 0 Å². The van der Waals surface area contributed by atoms with Gasteiger partial charge in [-0.2, -0.15) is 0 Å². The highest BCUT2D eigenvalue weighted by atomic mass is 35.5. The molecule has 0 aliphatic rings. The number of amides is 1. The monoisotopic (exact) mass is 294 g/mol. The van der Waals surface area contributed by atoms with E-state index in [2.05, 4.69) is 10.3 Å². The first kappa shape index (κ1) is 13.8. The van der Waals surface area contributed by atoms with Crippen LogP contribution in [0, 0.1) is 13.8 Å². The van der Waals surface area contributed by atoms with Crippen molar-refractivity contribution in [1.29, 1.82) is 0 Å². The van der Waals surface area contributed by atoms with Crippen LogP contribution in [0.25, 0.3) is 0 Å². The summed E-state index contributed by atoms with van der Waals surface area (Å²) in [4.78, 5) is 16.1. The molecule has 19 heavy (non-hydrogen) atoms. The van der Waals surface area contributed by atoms with E-state index in [1.54, 1.807) is 12.1 Å². The highest BCUT2D eigenvalue weighted by molar-refractivity contribution is 6.35. The number of anilines is 1. The number of nitrogens with zero attached hydrogens (tertiary/aromatic N) is 1. The van der Waals surface area contributed by atoms with Gasteiger partial charge in [0.1, 0.15) is 10.8 Å². The van der Waals surface area contributed by atoms with Crippen molar-refractivity contribution in [2.45, 2.75) is 13.8 Å². The van der Waals surface area contributed by atoms with Gasteiger partial charge >= 0.3 is 0 Å². The van der Waals surface area contributed by atoms with E-state index in [0.29, 0.717) is 0 Å². The molecule has 98 valence electrons. The molecule has 0 bridgehead atoms. The Balaban J connectivity index is 2.31. The molecule has 1 heterocycles. The van der Waals surface area contributed by atoms with Crippen molar-refractivity contribution in [2.24, 2.45) is 0 Å². The Morgan fingerprint density at radius 3 is 2.63 bits per heavy atom. The van der Waals surface area contributed by atoms with E-state index in [4.69, 9.17) is 23.2 Å². The standard InChI is InChI=1S/C14H12Cl2N2O/c1-8-4-3-5-11(9(8)2)17-14(19)13-10(15)6-7-12(16)18-13/h3-7H,1-2H3,(H,17,19). The molecule has 0 unspecified atom stereocenters. The van der Waals surface area contributed by atoms with Gasteiger partial charge in [-0.25, -0.2) is 4.98 Å². The number of hydrogen-bond acceptors (Lipinski definition) is 2. The average molecular weight is 295 g/mol. The first-order chi connectivity index (χ1) is 8.99. The summed E-state index contributed by atoms with van der Waals surface area (Å²) < 4.78 is 0. The van der Waals surface area contributed by atoms with Gasteiger partial charge in [0.05, 0.1) is 5.02 Å². The van der Waals surface area contributed by atoms with Crippen molar-refractivity contribution in [2.75, 3.05) is 5.32 Å². The second-order valence-electron chi connectivity index (χ2n) is 4.17. The normalized spacial score (nSPS) is 10.3. The van der Waals surface area contributed by atoms with Gasteiger partial charge in [0.25, 0.3) is 5.91 Å². The zero-order valence-corrected chi connectivity index (χ0v) is 12.0. The molecule has 0 aliphatic carbocycles. The molecular weight excluding hydrogens is 283 g/mol. The number of hydrogen-bond donors (Lipinski definition) is 1. The third-order valence-electron chi connectivity index (χ3n) is 2.88. The molecule has 0 saturated heterocycles. The zero-order valence-electron chi connectivity index (χ0n) is 10.5. The predicted molar refractivity (Wildman–Crippen MR) is 78.1 cm³/mol. The Hall–Kier alpha value is -1.58. The largest absolute Gasteiger partial charge is 0.320 e. The van der Waals surface area contributed by atoms with Crippen LogP contribution in [0.1, 0.15) is 21.6 Å². The van der Waals surface area contributed by atoms with E-state index in [0.717, 1.165) is 16.8 Å². The minimum Gasteiger partial charge on any atom is -0.320 e. The molecule has 2 rings (SSSR count). The van der Waals surface area contributed by atoms with Crippen LogP contribution in [0.2, 0.25) is 10.2 Å². The maximum absolute atomic E-state index is 12.1. The maximum atomic E-state index is 12.1. The van der Waals surface area contributed by atoms with Crippen LogP contribution in [0.4, 0.5) is 5.69 Å². The molecule has 1 aromatic heterocycles. The van der Waals surface area contributed by atoms with Gasteiger partial charge in [0.15, 0.2) is 0 Å². The van der Waals surface area contributed by atoms with Crippen molar-refractivity contribution < 1.29 is 4.79 Å². The highest BCUT2D eigenvalue weighted by Gasteiger charge is 2.14. The lowest BCUT2D eigenvalue weighted by Crippen LogP contribution is -2.15. The van der Waals surface area contributed by atoms with Crippen LogP contribution < -0.4 is 5.32 Å². The fourth-order valence-electron chi connectivity index (χ4n) is 1.65. The summed E-state index contributed by atoms with van der Waals surface area (Å²) in [5.74, 6) is -0.374. The Morgan fingerprint density at radius 1 is 1.16 bits per heavy atom. The van der Waals surface area contributed by atoms with E-state index in [9.17, 15) is 4.79 Å². The molecule has 0 spiro atoms. The van der Waals surface area contributed by atoms with Gasteiger partial charge in [-0.1, -0.05) is 35.3 Å². The van der Waals surface area contributed by atoms with E-state index in [-0.39, 0.29) is 21.8 Å². The number of nitrogens with one attached hydrogen (secondary N) is 1. The molecule has 0 saturated carbocycles. The minimum atomic E-state index is -0.374. The van der Waals surface area contributed by atoms with Crippen molar-refractivity contribution in [3.05, 3.63) is 57.3 Å². The van der Waals surface area contributed by atoms with Crippen molar-refractivity contribution >= 4 is 34.8 Å². The van der Waals surface area contributed by atoms with Crippen LogP contribution in [0.3, 0.4) is 0 Å². The summed E-state index contributed by atoms with van der Waals surface area (Å²) in [6.45, 7) is 3.92. The number of aryl methyl sites for hydroxylation is 1. The highest BCUT2D eigenvalue weighted by Crippen LogP contribution is 2.21. The van der Waals surface area contributed by atoms with Crippen LogP contribution >= 0.6 is 23.2 Å². The molecule has 2 aromatic rings. The number of aromatic nitrogens is 1. The summed E-state index contributed by atoms with van der Waals surface area (Å²) in [5.41, 5.74) is 2.97. The molecule has 0 atom stereocenters. The lowest BCUT2D eigenvalue weighted by molar-refractivity contribution is 0.102. The van der Waals surface area contributed by atoms with Crippen molar-refractivity contribution in [1.82, 2.24) is 4.98 Å². The van der Waals surface area contributed by atoms with Crippen LogP contribution in [-0.4, -0.2) is 10.9 Å². The minimum absolute atomic E-state index is 0.120. The molecule has 0 radical (unpaired) electrons. The predicted octanol–water partition coefficient (Wildman–Crippen LogP) is 4.26. The van der Waals surface area contributed by atoms with Gasteiger partial charge in [-0.15, -0.1) is 0 Å². The smallest absolute Gasteiger partial charge is 0.275 e. The Labute approximate surface area is 121 Å². The van der Waals surface area contributed by atoms with Crippen molar-refractivity contribution in [3.8, 4) is 0 Å². The Bertz CT molecular complexity index is 641. The number of halogens is 2. The summed E-state index contributed by atoms with van der Waals surface area (Å²) >= 11 is 11.7. The number of carbonyl (C=O) groups excluding carboxylic acids is 1. The summed E-state index contributed by atoms with van der Waals surface area (Å²) in [6, 6.07) is 8.78. The third kappa shape index (κ3) is 3.06. The summed E-state index contributed by atoms with van der Waals surface area (Å²) in [5, 5.41) is 3.29. The lowest BCUT2D eigenvalue weighted by Gasteiger charge is -2.10. The van der Waals surface area contributed by atoms with E-state index >= 15 is 0 Å². The van der Waals surface area contributed by atoms with Gasteiger partial charge in [0.2, 0.25) is 0 Å². The fourth-order valence-corrected chi connectivity index (χ4v) is 1.98. The molecule has 1 amide bonds. The molecular formula is C14H12Cl2N2O. The molecule has 1 aromatic carbocycles. The summed E-state index contributed by atoms with van der Waals surface area (Å²) in [7, 11) is 0. The van der Waals surface area contributed by atoms with Gasteiger partial charge in [-0.05, 0) is 43.2 Å². The van der Waals surface area contributed by atoms with Crippen molar-refractivity contribution in [3.63, 3.8) is 0 Å². The zero-order chi connectivity index (χ0) is 14.0. The molecule has 3 nitrogen and oxygen atoms in total. The first-order valence-electron chi connectivity index (χ1n) is 5.68. The quantitative estimate of drug-likeness (QED) is 0.841. The average Bonchev–Trinajstić information content (AvgIpc) is 2.38. The Morgan fingerprint density at radius 2 is 1.89 bits per heavy atom. The number of carbonyl (C=O) groups is 1. The first-order valence-corrected chi connectivity index (χ1v) is 6.44. The SMILES string of the molecule is Cc1cccc(NC(=O)c2nc(Cl)ccc2Cl)c1C. The van der Waals surface area contributed by atoms with Crippen LogP contribution in [0.15, 0.2) is 30.3 Å². The molecule has 5 heteroatoms. The number of rotatable bonds is 2. The van der Waals surface area contributed by atoms with E-state index in [1.807, 2.05) is 32.0 Å². The second-order valence-corrected chi connectivity index (χ2v) is 4.96. The van der Waals surface area contributed by atoms with E-state index in [1.165, 1.54) is 0 Å². The summed E-state index contributed by atoms with van der Waals surface area (Å²) in [6.07, 6.45) is 0. The third-order valence-corrected chi connectivity index (χ3v) is 3.40. The Kier molecular flexibility index (Phi) is 4.08. The van der Waals surface area contributed by atoms with Crippen LogP contribution in [-0.2, 0) is 0 Å². The number of pyridine rings is 1. The second kappa shape index (κ2) is 5.59. The lowest BCUT2D eigenvalue weighted by atomic mass is 10.1. The molecule has 1 N–H and O–H groups in total. The maximum Gasteiger partial charge on any atom is 0.275 e. The van der Waals surface area contributed by atoms with Gasteiger partial charge in [0, 0.05) is 5.69 Å². The topological polar surface area (TPSA) is 42.0 Å². The molecule has 0 fully saturated rings. The van der Waals surface area contributed by atoms with Crippen LogP contribution in [0.5, 0.6) is 0 Å². The molecule has 0 aliphatic heterocycles. The van der Waals surface area contributed by atoms with Gasteiger partial charge in [-0.3, -0.25) is 4.79 Å². The fraction of sp³-hybridized carbons (Fsp3) is 0.143. The van der Waals surface area contributed by atoms with Gasteiger partial charge < -0.3 is 5.32 Å².